The molecule has 0 radical (unpaired) electrons. The summed E-state index contributed by atoms with van der Waals surface area (Å²) in [5.41, 5.74) is 6.43. The Morgan fingerprint density at radius 2 is 2.10 bits per heavy atom. The molecule has 2 aliphatic rings. The molecule has 208 valence electrons. The first-order valence-electron chi connectivity index (χ1n) is 12.8. The van der Waals surface area contributed by atoms with E-state index in [1.807, 2.05) is 11.9 Å². The number of carbonyl (C=O) groups excluding carboxylic acids is 1. The quantitative estimate of drug-likeness (QED) is 0.308. The fourth-order valence-electron chi connectivity index (χ4n) is 5.27. The van der Waals surface area contributed by atoms with Crippen molar-refractivity contribution < 1.29 is 18.3 Å². The molecule has 2 saturated heterocycles. The first kappa shape index (κ1) is 26.6. The van der Waals surface area contributed by atoms with Gasteiger partial charge in [-0.25, -0.2) is 13.8 Å². The molecule has 0 saturated carbocycles. The van der Waals surface area contributed by atoms with Crippen LogP contribution in [0.25, 0.3) is 32.2 Å². The van der Waals surface area contributed by atoms with Crippen molar-refractivity contribution >= 4 is 60.9 Å². The van der Waals surface area contributed by atoms with E-state index in [0.717, 1.165) is 30.7 Å². The molecule has 0 unspecified atom stereocenters. The maximum atomic E-state index is 16.4. The standard InChI is InChI=1S/C27H26ClF2N7O2S/c1-3-19(38)32-13-10-37(11-13)25-16-9-17(28)20(15-6-7-18(29)24-23(15)33-26(31)40-24)21(30)22(16)34-27(35-25)39-12-14-5-4-8-36(14)2/h3,6-7,9,13-14H,1,4-5,8,10-12H2,2H3,(H2,31,33)(H,32,38)/t14-/m0/s1. The number of amides is 1. The number of benzene rings is 2. The zero-order valence-electron chi connectivity index (χ0n) is 21.6. The molecule has 9 nitrogen and oxygen atoms in total. The van der Waals surface area contributed by atoms with Crippen LogP contribution in [-0.2, 0) is 4.79 Å². The van der Waals surface area contributed by atoms with Crippen molar-refractivity contribution in [2.75, 3.05) is 43.9 Å². The van der Waals surface area contributed by atoms with Gasteiger partial charge >= 0.3 is 6.01 Å². The average molecular weight is 586 g/mol. The highest BCUT2D eigenvalue weighted by Crippen LogP contribution is 2.43. The fourth-order valence-corrected chi connectivity index (χ4v) is 6.33. The summed E-state index contributed by atoms with van der Waals surface area (Å²) >= 11 is 7.66. The van der Waals surface area contributed by atoms with E-state index < -0.39 is 11.6 Å². The molecule has 40 heavy (non-hydrogen) atoms. The maximum Gasteiger partial charge on any atom is 0.319 e. The van der Waals surface area contributed by atoms with Crippen LogP contribution >= 0.6 is 22.9 Å². The Hall–Kier alpha value is -3.61. The third-order valence-electron chi connectivity index (χ3n) is 7.41. The second-order valence-corrected chi connectivity index (χ2v) is 11.4. The number of nitrogens with one attached hydrogen (secondary N) is 1. The van der Waals surface area contributed by atoms with Crippen LogP contribution in [0.5, 0.6) is 6.01 Å². The van der Waals surface area contributed by atoms with Crippen LogP contribution in [-0.4, -0.2) is 71.1 Å². The van der Waals surface area contributed by atoms with Crippen LogP contribution < -0.4 is 20.7 Å². The summed E-state index contributed by atoms with van der Waals surface area (Å²) in [5, 5.41) is 3.49. The molecule has 4 aromatic rings. The second kappa shape index (κ2) is 10.4. The van der Waals surface area contributed by atoms with Crippen LogP contribution in [0.2, 0.25) is 5.02 Å². The molecule has 3 N–H and O–H groups in total. The van der Waals surface area contributed by atoms with Gasteiger partial charge in [0.25, 0.3) is 0 Å². The number of anilines is 2. The molecular formula is C27H26ClF2N7O2S. The summed E-state index contributed by atoms with van der Waals surface area (Å²) in [6, 6.07) is 4.40. The van der Waals surface area contributed by atoms with E-state index in [9.17, 15) is 9.18 Å². The van der Waals surface area contributed by atoms with E-state index in [1.165, 1.54) is 18.2 Å². The summed E-state index contributed by atoms with van der Waals surface area (Å²) in [6.07, 6.45) is 3.27. The van der Waals surface area contributed by atoms with Crippen molar-refractivity contribution in [3.63, 3.8) is 0 Å². The van der Waals surface area contributed by atoms with Crippen LogP contribution in [0.15, 0.2) is 30.9 Å². The lowest BCUT2D eigenvalue weighted by atomic mass is 10.0. The predicted octanol–water partition coefficient (Wildman–Crippen LogP) is 4.38. The van der Waals surface area contributed by atoms with Crippen LogP contribution in [0.4, 0.5) is 19.7 Å². The van der Waals surface area contributed by atoms with Crippen LogP contribution in [0, 0.1) is 11.6 Å². The number of rotatable bonds is 7. The minimum Gasteiger partial charge on any atom is -0.462 e. The Kier molecular flexibility index (Phi) is 6.93. The Morgan fingerprint density at radius 3 is 2.83 bits per heavy atom. The van der Waals surface area contributed by atoms with Gasteiger partial charge in [-0.05, 0) is 50.7 Å². The lowest BCUT2D eigenvalue weighted by Gasteiger charge is -2.40. The summed E-state index contributed by atoms with van der Waals surface area (Å²) in [7, 11) is 2.04. The van der Waals surface area contributed by atoms with Crippen molar-refractivity contribution in [3.8, 4) is 17.1 Å². The number of likely N-dealkylation sites (N-methyl/N-ethyl adjacent to an activating group) is 1. The van der Waals surface area contributed by atoms with Crippen molar-refractivity contribution in [2.24, 2.45) is 0 Å². The Morgan fingerprint density at radius 1 is 1.30 bits per heavy atom. The number of ether oxygens (including phenoxy) is 1. The maximum absolute atomic E-state index is 16.4. The highest BCUT2D eigenvalue weighted by Gasteiger charge is 2.32. The molecule has 2 fully saturated rings. The summed E-state index contributed by atoms with van der Waals surface area (Å²) in [5.74, 6) is -1.03. The average Bonchev–Trinajstić information content (AvgIpc) is 3.51. The van der Waals surface area contributed by atoms with Crippen molar-refractivity contribution in [2.45, 2.75) is 24.9 Å². The lowest BCUT2D eigenvalue weighted by molar-refractivity contribution is -0.117. The van der Waals surface area contributed by atoms with E-state index in [4.69, 9.17) is 22.1 Å². The summed E-state index contributed by atoms with van der Waals surface area (Å²) in [6.45, 7) is 5.73. The van der Waals surface area contributed by atoms with Gasteiger partial charge in [-0.1, -0.05) is 29.5 Å². The minimum absolute atomic E-state index is 0.0124. The third kappa shape index (κ3) is 4.69. The number of nitrogens with two attached hydrogens (primary N) is 1. The minimum atomic E-state index is -0.703. The van der Waals surface area contributed by atoms with Gasteiger partial charge in [-0.2, -0.15) is 9.97 Å². The van der Waals surface area contributed by atoms with Gasteiger partial charge in [0.05, 0.1) is 21.3 Å². The Bertz CT molecular complexity index is 1660. The largest absolute Gasteiger partial charge is 0.462 e. The zero-order chi connectivity index (χ0) is 28.1. The lowest BCUT2D eigenvalue weighted by Crippen LogP contribution is -2.59. The third-order valence-corrected chi connectivity index (χ3v) is 8.60. The first-order valence-corrected chi connectivity index (χ1v) is 14.0. The summed E-state index contributed by atoms with van der Waals surface area (Å²) < 4.78 is 37.1. The molecule has 1 amide bonds. The number of fused-ring (bicyclic) bond motifs is 2. The zero-order valence-corrected chi connectivity index (χ0v) is 23.2. The predicted molar refractivity (Wildman–Crippen MR) is 153 cm³/mol. The van der Waals surface area contributed by atoms with Gasteiger partial charge in [0.15, 0.2) is 10.9 Å². The second-order valence-electron chi connectivity index (χ2n) is 10.0. The monoisotopic (exact) mass is 585 g/mol. The molecule has 2 aromatic carbocycles. The molecule has 2 aromatic heterocycles. The molecule has 0 aliphatic carbocycles. The van der Waals surface area contributed by atoms with E-state index in [0.29, 0.717) is 36.5 Å². The molecule has 0 spiro atoms. The number of nitrogens with zero attached hydrogens (tertiary/aromatic N) is 5. The molecule has 0 bridgehead atoms. The van der Waals surface area contributed by atoms with E-state index in [-0.39, 0.29) is 55.5 Å². The normalized spacial score (nSPS) is 17.9. The number of thiazole rings is 1. The first-order chi connectivity index (χ1) is 19.2. The van der Waals surface area contributed by atoms with Gasteiger partial charge in [-0.3, -0.25) is 4.79 Å². The molecule has 6 rings (SSSR count). The number of aromatic nitrogens is 3. The Labute approximate surface area is 237 Å². The van der Waals surface area contributed by atoms with Gasteiger partial charge in [-0.15, -0.1) is 0 Å². The number of nitrogen functional groups attached to an aromatic ring is 1. The molecule has 2 aliphatic heterocycles. The number of carbonyl (C=O) groups is 1. The number of likely N-dealkylation sites (tertiary alicyclic amines) is 1. The van der Waals surface area contributed by atoms with Crippen molar-refractivity contribution in [3.05, 3.63) is 47.5 Å². The summed E-state index contributed by atoms with van der Waals surface area (Å²) in [4.78, 5) is 29.2. The van der Waals surface area contributed by atoms with Crippen molar-refractivity contribution in [1.29, 1.82) is 0 Å². The van der Waals surface area contributed by atoms with Crippen LogP contribution in [0.1, 0.15) is 12.8 Å². The number of hydrogen-bond acceptors (Lipinski definition) is 9. The van der Waals surface area contributed by atoms with Gasteiger partial charge in [0.2, 0.25) is 5.91 Å². The highest BCUT2D eigenvalue weighted by atomic mass is 35.5. The van der Waals surface area contributed by atoms with E-state index >= 15 is 4.39 Å². The van der Waals surface area contributed by atoms with Gasteiger partial charge in [0.1, 0.15) is 23.8 Å². The SMILES string of the molecule is C=CC(=O)NC1CN(c2nc(OC[C@@H]3CCCN3C)nc3c(F)c(-c4ccc(F)c5sc(N)nc45)c(Cl)cc23)C1. The van der Waals surface area contributed by atoms with Gasteiger partial charge < -0.3 is 25.6 Å². The molecule has 4 heterocycles. The molecule has 13 heteroatoms. The topological polar surface area (TPSA) is 110 Å². The van der Waals surface area contributed by atoms with Crippen LogP contribution in [0.3, 0.4) is 0 Å². The Balaban J connectivity index is 1.45. The highest BCUT2D eigenvalue weighted by molar-refractivity contribution is 7.22. The van der Waals surface area contributed by atoms with E-state index in [1.54, 1.807) is 6.07 Å². The van der Waals surface area contributed by atoms with Gasteiger partial charge in [0, 0.05) is 35.6 Å². The molecular weight excluding hydrogens is 560 g/mol. The molecule has 1 atom stereocenters. The smallest absolute Gasteiger partial charge is 0.319 e. The van der Waals surface area contributed by atoms with Crippen molar-refractivity contribution in [1.82, 2.24) is 25.2 Å². The number of hydrogen-bond donors (Lipinski definition) is 2. The van der Waals surface area contributed by atoms with E-state index in [2.05, 4.69) is 31.7 Å². The fraction of sp³-hybridized carbons (Fsp3) is 0.333. The number of halogens is 3.